The Bertz CT molecular complexity index is 921. The number of pyridine rings is 1. The van der Waals surface area contributed by atoms with Crippen LogP contribution in [-0.2, 0) is 20.0 Å². The van der Waals surface area contributed by atoms with Crippen LogP contribution in [0.4, 0.5) is 0 Å². The van der Waals surface area contributed by atoms with E-state index in [1.165, 1.54) is 0 Å². The molecule has 3 aromatic rings. The van der Waals surface area contributed by atoms with Gasteiger partial charge in [-0.3, -0.25) is 9.59 Å². The third kappa shape index (κ3) is 2.77. The number of nitrogens with zero attached hydrogens (tertiary/aromatic N) is 1. The van der Waals surface area contributed by atoms with E-state index in [-0.39, 0.29) is 18.0 Å². The van der Waals surface area contributed by atoms with Crippen molar-refractivity contribution in [3.05, 3.63) is 69.8 Å². The fourth-order valence-electron chi connectivity index (χ4n) is 2.80. The van der Waals surface area contributed by atoms with Gasteiger partial charge in [0.25, 0.3) is 11.5 Å². The number of nitrogens with one attached hydrogen (secondary N) is 2. The van der Waals surface area contributed by atoms with E-state index in [4.69, 9.17) is 0 Å². The molecule has 1 aromatic carbocycles. The number of H-pyrrole nitrogens is 1. The number of para-hydroxylation sites is 1. The van der Waals surface area contributed by atoms with Crippen LogP contribution >= 0.6 is 0 Å². The topological polar surface area (TPSA) is 66.9 Å². The average Bonchev–Trinajstić information content (AvgIpc) is 3.05. The van der Waals surface area contributed by atoms with E-state index >= 15 is 0 Å². The fraction of sp³-hybridized carbons (Fsp3) is 0.222. The van der Waals surface area contributed by atoms with Crippen LogP contribution in [0.1, 0.15) is 28.5 Å². The van der Waals surface area contributed by atoms with Crippen molar-refractivity contribution >= 4 is 16.8 Å². The van der Waals surface area contributed by atoms with Gasteiger partial charge in [0.05, 0.1) is 11.1 Å². The Kier molecular flexibility index (Phi) is 4.02. The van der Waals surface area contributed by atoms with E-state index in [1.54, 1.807) is 23.9 Å². The summed E-state index contributed by atoms with van der Waals surface area (Å²) in [7, 11) is 1.75. The number of carbonyl (C=O) groups excluding carboxylic acids is 1. The number of hydrogen-bond donors (Lipinski definition) is 2. The van der Waals surface area contributed by atoms with Gasteiger partial charge in [-0.15, -0.1) is 0 Å². The van der Waals surface area contributed by atoms with Crippen LogP contribution in [0.25, 0.3) is 10.9 Å². The van der Waals surface area contributed by atoms with Crippen molar-refractivity contribution < 1.29 is 4.79 Å². The molecule has 0 fully saturated rings. The smallest absolute Gasteiger partial charge is 0.255 e. The molecule has 2 heterocycles. The molecule has 0 aliphatic carbocycles. The van der Waals surface area contributed by atoms with Crippen molar-refractivity contribution in [3.63, 3.8) is 0 Å². The molecule has 5 heteroatoms. The molecule has 0 radical (unpaired) electrons. The number of carbonyl (C=O) groups is 1. The SMILES string of the molecule is CCc1[nH]ccc1C(=O)NCc1cc2ccccc2n(C)c1=O. The van der Waals surface area contributed by atoms with Crippen LogP contribution in [0.3, 0.4) is 0 Å². The molecule has 118 valence electrons. The van der Waals surface area contributed by atoms with Gasteiger partial charge in [0, 0.05) is 31.0 Å². The van der Waals surface area contributed by atoms with Gasteiger partial charge in [-0.05, 0) is 30.0 Å². The molecule has 0 saturated heterocycles. The minimum atomic E-state index is -0.168. The highest BCUT2D eigenvalue weighted by Crippen LogP contribution is 2.12. The van der Waals surface area contributed by atoms with Gasteiger partial charge < -0.3 is 14.9 Å². The zero-order valence-corrected chi connectivity index (χ0v) is 13.2. The summed E-state index contributed by atoms with van der Waals surface area (Å²) in [4.78, 5) is 27.7. The van der Waals surface area contributed by atoms with Gasteiger partial charge in [-0.1, -0.05) is 25.1 Å². The Balaban J connectivity index is 1.86. The van der Waals surface area contributed by atoms with Crippen molar-refractivity contribution in [3.8, 4) is 0 Å². The van der Waals surface area contributed by atoms with Crippen LogP contribution in [0.2, 0.25) is 0 Å². The third-order valence-corrected chi connectivity index (χ3v) is 4.08. The summed E-state index contributed by atoms with van der Waals surface area (Å²) < 4.78 is 1.62. The summed E-state index contributed by atoms with van der Waals surface area (Å²) in [6, 6.07) is 11.3. The number of aromatic amines is 1. The summed E-state index contributed by atoms with van der Waals surface area (Å²) in [5.41, 5.74) is 2.90. The predicted octanol–water partition coefficient (Wildman–Crippen LogP) is 2.36. The third-order valence-electron chi connectivity index (χ3n) is 4.08. The zero-order chi connectivity index (χ0) is 16.4. The Morgan fingerprint density at radius 3 is 2.83 bits per heavy atom. The van der Waals surface area contributed by atoms with E-state index < -0.39 is 0 Å². The normalized spacial score (nSPS) is 10.9. The lowest BCUT2D eigenvalue weighted by Gasteiger charge is -2.10. The summed E-state index contributed by atoms with van der Waals surface area (Å²) in [5.74, 6) is -0.168. The summed E-state index contributed by atoms with van der Waals surface area (Å²) in [6.45, 7) is 2.20. The monoisotopic (exact) mass is 309 g/mol. The Morgan fingerprint density at radius 1 is 1.26 bits per heavy atom. The minimum absolute atomic E-state index is 0.0891. The van der Waals surface area contributed by atoms with Gasteiger partial charge in [0.2, 0.25) is 0 Å². The number of amides is 1. The molecule has 0 aliphatic rings. The molecular weight excluding hydrogens is 290 g/mol. The molecule has 3 rings (SSSR count). The van der Waals surface area contributed by atoms with Crippen LogP contribution in [0.15, 0.2) is 47.4 Å². The Hall–Kier alpha value is -2.82. The lowest BCUT2D eigenvalue weighted by Crippen LogP contribution is -2.29. The summed E-state index contributed by atoms with van der Waals surface area (Å²) in [5, 5.41) is 3.82. The van der Waals surface area contributed by atoms with Crippen molar-refractivity contribution in [1.82, 2.24) is 14.9 Å². The highest BCUT2D eigenvalue weighted by Gasteiger charge is 2.12. The minimum Gasteiger partial charge on any atom is -0.364 e. The molecule has 0 saturated carbocycles. The first-order chi connectivity index (χ1) is 11.1. The maximum atomic E-state index is 12.4. The van der Waals surface area contributed by atoms with E-state index in [9.17, 15) is 9.59 Å². The van der Waals surface area contributed by atoms with E-state index in [0.29, 0.717) is 11.1 Å². The first-order valence-corrected chi connectivity index (χ1v) is 7.64. The molecule has 2 N–H and O–H groups in total. The van der Waals surface area contributed by atoms with Crippen molar-refractivity contribution in [2.45, 2.75) is 19.9 Å². The highest BCUT2D eigenvalue weighted by atomic mass is 16.2. The number of hydrogen-bond acceptors (Lipinski definition) is 2. The largest absolute Gasteiger partial charge is 0.364 e. The Morgan fingerprint density at radius 2 is 2.04 bits per heavy atom. The maximum absolute atomic E-state index is 12.4. The molecule has 0 aliphatic heterocycles. The van der Waals surface area contributed by atoms with Crippen LogP contribution in [0.5, 0.6) is 0 Å². The van der Waals surface area contributed by atoms with Gasteiger partial charge in [0.15, 0.2) is 0 Å². The average molecular weight is 309 g/mol. The van der Waals surface area contributed by atoms with E-state index in [2.05, 4.69) is 10.3 Å². The van der Waals surface area contributed by atoms with Crippen molar-refractivity contribution in [1.29, 1.82) is 0 Å². The molecule has 23 heavy (non-hydrogen) atoms. The maximum Gasteiger partial charge on any atom is 0.255 e. The molecule has 5 nitrogen and oxygen atoms in total. The van der Waals surface area contributed by atoms with Crippen molar-refractivity contribution in [2.24, 2.45) is 7.05 Å². The molecule has 2 aromatic heterocycles. The second-order valence-electron chi connectivity index (χ2n) is 5.50. The number of rotatable bonds is 4. The fourth-order valence-corrected chi connectivity index (χ4v) is 2.80. The van der Waals surface area contributed by atoms with Crippen LogP contribution in [-0.4, -0.2) is 15.5 Å². The molecule has 0 unspecified atom stereocenters. The Labute approximate surface area is 134 Å². The zero-order valence-electron chi connectivity index (χ0n) is 13.2. The first-order valence-electron chi connectivity index (χ1n) is 7.64. The van der Waals surface area contributed by atoms with Gasteiger partial charge >= 0.3 is 0 Å². The summed E-state index contributed by atoms with van der Waals surface area (Å²) in [6.07, 6.45) is 2.51. The first kappa shape index (κ1) is 15.1. The van der Waals surface area contributed by atoms with Gasteiger partial charge in [-0.2, -0.15) is 0 Å². The lowest BCUT2D eigenvalue weighted by molar-refractivity contribution is 0.0950. The molecular formula is C18H19N3O2. The number of aromatic nitrogens is 2. The van der Waals surface area contributed by atoms with Crippen molar-refractivity contribution in [2.75, 3.05) is 0 Å². The van der Waals surface area contributed by atoms with Gasteiger partial charge in [-0.25, -0.2) is 0 Å². The molecule has 1 amide bonds. The number of benzene rings is 1. The summed E-state index contributed by atoms with van der Waals surface area (Å²) >= 11 is 0. The molecule has 0 spiro atoms. The lowest BCUT2D eigenvalue weighted by atomic mass is 10.1. The van der Waals surface area contributed by atoms with E-state index in [1.807, 2.05) is 37.3 Å². The molecule has 0 atom stereocenters. The van der Waals surface area contributed by atoms with Crippen LogP contribution < -0.4 is 10.9 Å². The number of fused-ring (bicyclic) bond motifs is 1. The van der Waals surface area contributed by atoms with Crippen LogP contribution in [0, 0.1) is 0 Å². The second-order valence-corrected chi connectivity index (χ2v) is 5.50. The standard InChI is InChI=1S/C18H19N3O2/c1-3-15-14(8-9-19-15)17(22)20-11-13-10-12-6-4-5-7-16(12)21(2)18(13)23/h4-10,19H,3,11H2,1-2H3,(H,20,22). The quantitative estimate of drug-likeness (QED) is 0.777. The highest BCUT2D eigenvalue weighted by molar-refractivity contribution is 5.95. The van der Waals surface area contributed by atoms with Gasteiger partial charge in [0.1, 0.15) is 0 Å². The van der Waals surface area contributed by atoms with E-state index in [0.717, 1.165) is 23.0 Å². The molecule has 0 bridgehead atoms. The number of aryl methyl sites for hydroxylation is 2. The predicted molar refractivity (Wildman–Crippen MR) is 90.5 cm³/mol. The second kappa shape index (κ2) is 6.12.